The molecule has 1 rings (SSSR count). The molecule has 1 atom stereocenters. The van der Waals surface area contributed by atoms with Crippen molar-refractivity contribution in [2.24, 2.45) is 0 Å². The van der Waals surface area contributed by atoms with E-state index in [1.165, 1.54) is 0 Å². The van der Waals surface area contributed by atoms with Crippen molar-refractivity contribution in [3.05, 3.63) is 17.7 Å². The maximum Gasteiger partial charge on any atom is 0.252 e. The number of nitrogens with one attached hydrogen (secondary N) is 1. The Labute approximate surface area is 99.1 Å². The molecular weight excluding hydrogens is 224 g/mol. The van der Waals surface area contributed by atoms with Crippen molar-refractivity contribution in [2.45, 2.75) is 13.1 Å². The number of phenols is 3. The molecule has 6 nitrogen and oxygen atoms in total. The third kappa shape index (κ3) is 3.01. The molecule has 0 radical (unpaired) electrons. The second-order valence-electron chi connectivity index (χ2n) is 3.98. The van der Waals surface area contributed by atoms with E-state index in [-0.39, 0.29) is 11.7 Å². The number of carbonyl (C=O) groups excluding carboxylic acids is 1. The van der Waals surface area contributed by atoms with E-state index >= 15 is 0 Å². The molecule has 6 heteroatoms. The standard InChI is InChI=1S/C11H16N2O4/c1-6(13(2)3)12-11(17)7-4-8(14)10(16)9(15)5-7/h4-6,14-16H,1-3H3,(H,12,17). The molecule has 94 valence electrons. The Hall–Kier alpha value is -1.95. The SMILES string of the molecule is CC(NC(=O)c1cc(O)c(O)c(O)c1)N(C)C. The third-order valence-corrected chi connectivity index (χ3v) is 2.45. The molecule has 0 aromatic heterocycles. The third-order valence-electron chi connectivity index (χ3n) is 2.45. The highest BCUT2D eigenvalue weighted by atomic mass is 16.3. The summed E-state index contributed by atoms with van der Waals surface area (Å²) in [7, 11) is 3.60. The van der Waals surface area contributed by atoms with Gasteiger partial charge in [-0.05, 0) is 33.2 Å². The summed E-state index contributed by atoms with van der Waals surface area (Å²) in [6, 6.07) is 2.18. The van der Waals surface area contributed by atoms with Crippen molar-refractivity contribution in [1.82, 2.24) is 10.2 Å². The van der Waals surface area contributed by atoms with Gasteiger partial charge in [-0.15, -0.1) is 0 Å². The van der Waals surface area contributed by atoms with Crippen LogP contribution < -0.4 is 5.32 Å². The molecule has 1 unspecified atom stereocenters. The van der Waals surface area contributed by atoms with Crippen molar-refractivity contribution in [3.63, 3.8) is 0 Å². The molecule has 0 bridgehead atoms. The molecule has 1 amide bonds. The lowest BCUT2D eigenvalue weighted by Crippen LogP contribution is -2.42. The lowest BCUT2D eigenvalue weighted by molar-refractivity contribution is 0.0899. The highest BCUT2D eigenvalue weighted by Gasteiger charge is 2.15. The van der Waals surface area contributed by atoms with Gasteiger partial charge in [0.15, 0.2) is 17.2 Å². The van der Waals surface area contributed by atoms with Gasteiger partial charge in [-0.25, -0.2) is 0 Å². The zero-order valence-corrected chi connectivity index (χ0v) is 9.93. The number of nitrogens with zero attached hydrogens (tertiary/aromatic N) is 1. The maximum atomic E-state index is 11.7. The van der Waals surface area contributed by atoms with Crippen LogP contribution in [0.5, 0.6) is 17.2 Å². The summed E-state index contributed by atoms with van der Waals surface area (Å²) >= 11 is 0. The Morgan fingerprint density at radius 1 is 1.24 bits per heavy atom. The molecule has 0 aliphatic heterocycles. The van der Waals surface area contributed by atoms with Crippen molar-refractivity contribution in [2.75, 3.05) is 14.1 Å². The number of aromatic hydroxyl groups is 3. The van der Waals surface area contributed by atoms with Gasteiger partial charge in [0.05, 0.1) is 6.17 Å². The van der Waals surface area contributed by atoms with Gasteiger partial charge in [0.1, 0.15) is 0 Å². The van der Waals surface area contributed by atoms with Gasteiger partial charge in [0.2, 0.25) is 0 Å². The van der Waals surface area contributed by atoms with Gasteiger partial charge in [0, 0.05) is 5.56 Å². The molecule has 1 aromatic carbocycles. The summed E-state index contributed by atoms with van der Waals surface area (Å²) in [6.45, 7) is 1.79. The minimum atomic E-state index is -0.637. The largest absolute Gasteiger partial charge is 0.504 e. The van der Waals surface area contributed by atoms with Crippen LogP contribution in [0.15, 0.2) is 12.1 Å². The predicted octanol–water partition coefficient (Wildman–Crippen LogP) is 0.441. The van der Waals surface area contributed by atoms with E-state index in [1.807, 2.05) is 0 Å². The summed E-state index contributed by atoms with van der Waals surface area (Å²) in [5.41, 5.74) is 0.0755. The topological polar surface area (TPSA) is 93.0 Å². The van der Waals surface area contributed by atoms with Crippen LogP contribution in [0.3, 0.4) is 0 Å². The smallest absolute Gasteiger partial charge is 0.252 e. The minimum Gasteiger partial charge on any atom is -0.504 e. The molecule has 17 heavy (non-hydrogen) atoms. The van der Waals surface area contributed by atoms with E-state index in [2.05, 4.69) is 5.32 Å². The second kappa shape index (κ2) is 4.92. The molecular formula is C11H16N2O4. The van der Waals surface area contributed by atoms with Gasteiger partial charge >= 0.3 is 0 Å². The summed E-state index contributed by atoms with van der Waals surface area (Å²) < 4.78 is 0. The normalized spacial score (nSPS) is 12.5. The van der Waals surface area contributed by atoms with Gasteiger partial charge in [-0.3, -0.25) is 9.69 Å². The van der Waals surface area contributed by atoms with Gasteiger partial charge < -0.3 is 20.6 Å². The maximum absolute atomic E-state index is 11.7. The Balaban J connectivity index is 2.90. The predicted molar refractivity (Wildman–Crippen MR) is 62.1 cm³/mol. The molecule has 0 spiro atoms. The first kappa shape index (κ1) is 13.1. The van der Waals surface area contributed by atoms with Crippen LogP contribution in [0.25, 0.3) is 0 Å². The van der Waals surface area contributed by atoms with Crippen molar-refractivity contribution >= 4 is 5.91 Å². The van der Waals surface area contributed by atoms with Crippen molar-refractivity contribution in [3.8, 4) is 17.2 Å². The van der Waals surface area contributed by atoms with Crippen LogP contribution in [0, 0.1) is 0 Å². The first-order chi connectivity index (χ1) is 7.82. The van der Waals surface area contributed by atoms with Crippen molar-refractivity contribution < 1.29 is 20.1 Å². The fraction of sp³-hybridized carbons (Fsp3) is 0.364. The lowest BCUT2D eigenvalue weighted by atomic mass is 10.1. The molecule has 0 saturated carbocycles. The van der Waals surface area contributed by atoms with Crippen LogP contribution in [0.4, 0.5) is 0 Å². The van der Waals surface area contributed by atoms with Gasteiger partial charge in [-0.1, -0.05) is 0 Å². The first-order valence-electron chi connectivity index (χ1n) is 5.05. The molecule has 0 heterocycles. The van der Waals surface area contributed by atoms with E-state index < -0.39 is 23.2 Å². The van der Waals surface area contributed by atoms with E-state index in [4.69, 9.17) is 5.11 Å². The number of rotatable bonds is 3. The Morgan fingerprint density at radius 2 is 1.71 bits per heavy atom. The second-order valence-corrected chi connectivity index (χ2v) is 3.98. The summed E-state index contributed by atoms with van der Waals surface area (Å²) in [5, 5.41) is 30.3. The van der Waals surface area contributed by atoms with Crippen LogP contribution in [0.2, 0.25) is 0 Å². The van der Waals surface area contributed by atoms with E-state index in [1.54, 1.807) is 25.9 Å². The fourth-order valence-electron chi connectivity index (χ4n) is 1.14. The average molecular weight is 240 g/mol. The molecule has 0 aliphatic carbocycles. The number of carbonyl (C=O) groups is 1. The number of amides is 1. The van der Waals surface area contributed by atoms with Crippen molar-refractivity contribution in [1.29, 1.82) is 0 Å². The number of hydrogen-bond donors (Lipinski definition) is 4. The molecule has 1 aromatic rings. The molecule has 4 N–H and O–H groups in total. The Kier molecular flexibility index (Phi) is 3.80. The summed E-state index contributed by atoms with van der Waals surface area (Å²) in [4.78, 5) is 13.5. The summed E-state index contributed by atoms with van der Waals surface area (Å²) in [5.74, 6) is -2.15. The van der Waals surface area contributed by atoms with Gasteiger partial charge in [-0.2, -0.15) is 0 Å². The van der Waals surface area contributed by atoms with Crippen LogP contribution in [-0.4, -0.2) is 46.4 Å². The van der Waals surface area contributed by atoms with Gasteiger partial charge in [0.25, 0.3) is 5.91 Å². The molecule has 0 saturated heterocycles. The Morgan fingerprint density at radius 3 is 2.12 bits per heavy atom. The van der Waals surface area contributed by atoms with Crippen LogP contribution in [-0.2, 0) is 0 Å². The van der Waals surface area contributed by atoms with E-state index in [9.17, 15) is 15.0 Å². The quantitative estimate of drug-likeness (QED) is 0.454. The molecule has 0 fully saturated rings. The fourth-order valence-corrected chi connectivity index (χ4v) is 1.14. The molecule has 0 aliphatic rings. The van der Waals surface area contributed by atoms with E-state index in [0.29, 0.717) is 0 Å². The van der Waals surface area contributed by atoms with Crippen LogP contribution >= 0.6 is 0 Å². The highest BCUT2D eigenvalue weighted by Crippen LogP contribution is 2.35. The highest BCUT2D eigenvalue weighted by molar-refractivity contribution is 5.95. The minimum absolute atomic E-state index is 0.0755. The first-order valence-corrected chi connectivity index (χ1v) is 5.05. The van der Waals surface area contributed by atoms with E-state index in [0.717, 1.165) is 12.1 Å². The zero-order chi connectivity index (χ0) is 13.2. The number of phenolic OH excluding ortho intramolecular Hbond substituents is 3. The number of benzene rings is 1. The lowest BCUT2D eigenvalue weighted by Gasteiger charge is -2.21. The Bertz CT molecular complexity index is 408. The number of hydrogen-bond acceptors (Lipinski definition) is 5. The average Bonchev–Trinajstić information content (AvgIpc) is 2.24. The van der Waals surface area contributed by atoms with Crippen LogP contribution in [0.1, 0.15) is 17.3 Å². The zero-order valence-electron chi connectivity index (χ0n) is 9.93. The summed E-state index contributed by atoms with van der Waals surface area (Å²) in [6.07, 6.45) is -0.194. The monoisotopic (exact) mass is 240 g/mol.